The minimum Gasteiger partial charge on any atom is -0.454 e. The number of hydrogen-bond donors (Lipinski definition) is 0. The quantitative estimate of drug-likeness (QED) is 0.851. The number of ether oxygens (including phenoxy) is 2. The molecule has 0 radical (unpaired) electrons. The van der Waals surface area contributed by atoms with Gasteiger partial charge in [0.05, 0.1) is 0 Å². The first-order valence-electron chi connectivity index (χ1n) is 9.16. The molecule has 2 aromatic rings. The van der Waals surface area contributed by atoms with Crippen molar-refractivity contribution in [3.63, 3.8) is 0 Å². The molecule has 0 bridgehead atoms. The van der Waals surface area contributed by atoms with Crippen LogP contribution in [0.15, 0.2) is 42.5 Å². The number of hydrogen-bond acceptors (Lipinski definition) is 4. The van der Waals surface area contributed by atoms with Crippen LogP contribution in [0.25, 0.3) is 0 Å². The van der Waals surface area contributed by atoms with E-state index in [0.29, 0.717) is 17.1 Å². The molecule has 4 rings (SSSR count). The zero-order valence-electron chi connectivity index (χ0n) is 15.1. The molecule has 0 atom stereocenters. The van der Waals surface area contributed by atoms with Gasteiger partial charge in [0.2, 0.25) is 6.79 Å². The van der Waals surface area contributed by atoms with Crippen LogP contribution in [0.1, 0.15) is 27.9 Å². The molecule has 2 heterocycles. The zero-order valence-corrected chi connectivity index (χ0v) is 15.1. The number of nitrogens with zero attached hydrogens (tertiary/aromatic N) is 2. The first-order chi connectivity index (χ1) is 12.7. The molecule has 0 aromatic heterocycles. The molecule has 26 heavy (non-hydrogen) atoms. The molecule has 0 saturated carbocycles. The Labute approximate surface area is 154 Å². The number of amides is 1. The Morgan fingerprint density at radius 3 is 2.62 bits per heavy atom. The summed E-state index contributed by atoms with van der Waals surface area (Å²) < 4.78 is 10.7. The highest BCUT2D eigenvalue weighted by Crippen LogP contribution is 2.32. The van der Waals surface area contributed by atoms with Gasteiger partial charge in [0.1, 0.15) is 0 Å². The maximum absolute atomic E-state index is 12.9. The molecule has 5 nitrogen and oxygen atoms in total. The average molecular weight is 352 g/mol. The second-order valence-electron chi connectivity index (χ2n) is 6.98. The van der Waals surface area contributed by atoms with E-state index in [1.54, 1.807) is 6.07 Å². The largest absolute Gasteiger partial charge is 0.454 e. The van der Waals surface area contributed by atoms with E-state index < -0.39 is 0 Å². The fourth-order valence-corrected chi connectivity index (χ4v) is 3.50. The van der Waals surface area contributed by atoms with Crippen LogP contribution in [0.5, 0.6) is 11.5 Å². The maximum Gasteiger partial charge on any atom is 0.254 e. The van der Waals surface area contributed by atoms with Crippen LogP contribution < -0.4 is 9.47 Å². The number of benzene rings is 2. The SMILES string of the molecule is Cc1ccc(CN2CCCN(C(=O)c3ccc4c(c3)OCO4)CC2)cc1. The van der Waals surface area contributed by atoms with Crippen LogP contribution in [0, 0.1) is 6.92 Å². The summed E-state index contributed by atoms with van der Waals surface area (Å²) in [5, 5.41) is 0. The summed E-state index contributed by atoms with van der Waals surface area (Å²) in [5.74, 6) is 1.44. The van der Waals surface area contributed by atoms with E-state index in [2.05, 4.69) is 36.1 Å². The van der Waals surface area contributed by atoms with E-state index in [0.717, 1.165) is 39.1 Å². The van der Waals surface area contributed by atoms with Gasteiger partial charge in [-0.25, -0.2) is 0 Å². The van der Waals surface area contributed by atoms with Crippen molar-refractivity contribution >= 4 is 5.91 Å². The number of aryl methyl sites for hydroxylation is 1. The van der Waals surface area contributed by atoms with E-state index in [9.17, 15) is 4.79 Å². The Hall–Kier alpha value is -2.53. The minimum atomic E-state index is 0.0699. The second kappa shape index (κ2) is 7.38. The third kappa shape index (κ3) is 3.68. The van der Waals surface area contributed by atoms with E-state index in [1.807, 2.05) is 17.0 Å². The monoisotopic (exact) mass is 352 g/mol. The Bertz CT molecular complexity index is 788. The Morgan fingerprint density at radius 1 is 0.962 bits per heavy atom. The summed E-state index contributed by atoms with van der Waals surface area (Å²) in [5.41, 5.74) is 3.28. The van der Waals surface area contributed by atoms with Crippen LogP contribution in [0.4, 0.5) is 0 Å². The fraction of sp³-hybridized carbons (Fsp3) is 0.381. The van der Waals surface area contributed by atoms with Crippen molar-refractivity contribution in [2.24, 2.45) is 0 Å². The molecule has 0 spiro atoms. The molecule has 0 aliphatic carbocycles. The summed E-state index contributed by atoms with van der Waals surface area (Å²) in [6, 6.07) is 14.1. The minimum absolute atomic E-state index is 0.0699. The van der Waals surface area contributed by atoms with Gasteiger partial charge in [-0.2, -0.15) is 0 Å². The molecule has 0 N–H and O–H groups in total. The highest BCUT2D eigenvalue weighted by molar-refractivity contribution is 5.95. The van der Waals surface area contributed by atoms with Gasteiger partial charge in [-0.05, 0) is 37.1 Å². The molecule has 1 saturated heterocycles. The average Bonchev–Trinajstić information content (AvgIpc) is 3.01. The molecule has 1 amide bonds. The first-order valence-corrected chi connectivity index (χ1v) is 9.16. The van der Waals surface area contributed by atoms with E-state index >= 15 is 0 Å². The van der Waals surface area contributed by atoms with Crippen LogP contribution in [-0.2, 0) is 6.54 Å². The van der Waals surface area contributed by atoms with Crippen molar-refractivity contribution < 1.29 is 14.3 Å². The van der Waals surface area contributed by atoms with Gasteiger partial charge < -0.3 is 14.4 Å². The summed E-state index contributed by atoms with van der Waals surface area (Å²) in [7, 11) is 0. The van der Waals surface area contributed by atoms with Crippen LogP contribution >= 0.6 is 0 Å². The molecule has 0 unspecified atom stereocenters. The molecule has 136 valence electrons. The van der Waals surface area contributed by atoms with Crippen LogP contribution in [-0.4, -0.2) is 48.7 Å². The van der Waals surface area contributed by atoms with Gasteiger partial charge in [-0.1, -0.05) is 29.8 Å². The lowest BCUT2D eigenvalue weighted by atomic mass is 10.1. The molecule has 1 fully saturated rings. The lowest BCUT2D eigenvalue weighted by molar-refractivity contribution is 0.0760. The number of fused-ring (bicyclic) bond motifs is 1. The fourth-order valence-electron chi connectivity index (χ4n) is 3.50. The lowest BCUT2D eigenvalue weighted by Gasteiger charge is -2.22. The van der Waals surface area contributed by atoms with E-state index in [1.165, 1.54) is 11.1 Å². The number of carbonyl (C=O) groups is 1. The number of rotatable bonds is 3. The van der Waals surface area contributed by atoms with Gasteiger partial charge in [-0.3, -0.25) is 9.69 Å². The van der Waals surface area contributed by atoms with Crippen molar-refractivity contribution in [2.75, 3.05) is 33.0 Å². The molecular formula is C21H24N2O3. The van der Waals surface area contributed by atoms with Crippen molar-refractivity contribution in [2.45, 2.75) is 19.9 Å². The first kappa shape index (κ1) is 16.9. The van der Waals surface area contributed by atoms with Crippen molar-refractivity contribution in [3.05, 3.63) is 59.2 Å². The Morgan fingerprint density at radius 2 is 1.77 bits per heavy atom. The summed E-state index contributed by atoms with van der Waals surface area (Å²) in [6.07, 6.45) is 0.988. The van der Waals surface area contributed by atoms with Gasteiger partial charge in [0, 0.05) is 38.3 Å². The predicted molar refractivity (Wildman–Crippen MR) is 99.5 cm³/mol. The summed E-state index contributed by atoms with van der Waals surface area (Å²) >= 11 is 0. The summed E-state index contributed by atoms with van der Waals surface area (Å²) in [6.45, 7) is 6.71. The highest BCUT2D eigenvalue weighted by Gasteiger charge is 2.22. The van der Waals surface area contributed by atoms with E-state index in [4.69, 9.17) is 9.47 Å². The van der Waals surface area contributed by atoms with Gasteiger partial charge >= 0.3 is 0 Å². The topological polar surface area (TPSA) is 42.0 Å². The van der Waals surface area contributed by atoms with Crippen molar-refractivity contribution in [3.8, 4) is 11.5 Å². The van der Waals surface area contributed by atoms with Crippen LogP contribution in [0.2, 0.25) is 0 Å². The van der Waals surface area contributed by atoms with Gasteiger partial charge in [-0.15, -0.1) is 0 Å². The zero-order chi connectivity index (χ0) is 17.9. The second-order valence-corrected chi connectivity index (χ2v) is 6.98. The van der Waals surface area contributed by atoms with Gasteiger partial charge in [0.15, 0.2) is 11.5 Å². The third-order valence-electron chi connectivity index (χ3n) is 5.02. The molecule has 2 aliphatic rings. The smallest absolute Gasteiger partial charge is 0.254 e. The normalized spacial score (nSPS) is 17.2. The lowest BCUT2D eigenvalue weighted by Crippen LogP contribution is -2.35. The Balaban J connectivity index is 1.38. The number of carbonyl (C=O) groups excluding carboxylic acids is 1. The van der Waals surface area contributed by atoms with Gasteiger partial charge in [0.25, 0.3) is 5.91 Å². The van der Waals surface area contributed by atoms with Crippen molar-refractivity contribution in [1.29, 1.82) is 0 Å². The standard InChI is InChI=1S/C21H24N2O3/c1-16-3-5-17(6-4-16)14-22-9-2-10-23(12-11-22)21(24)18-7-8-19-20(13-18)26-15-25-19/h3-8,13H,2,9-12,14-15H2,1H3. The molecule has 5 heteroatoms. The third-order valence-corrected chi connectivity index (χ3v) is 5.02. The molecular weight excluding hydrogens is 328 g/mol. The van der Waals surface area contributed by atoms with Crippen molar-refractivity contribution in [1.82, 2.24) is 9.80 Å². The highest BCUT2D eigenvalue weighted by atomic mass is 16.7. The maximum atomic E-state index is 12.9. The summed E-state index contributed by atoms with van der Waals surface area (Å²) in [4.78, 5) is 17.2. The molecule has 2 aliphatic heterocycles. The Kier molecular flexibility index (Phi) is 4.80. The van der Waals surface area contributed by atoms with E-state index in [-0.39, 0.29) is 12.7 Å². The molecule has 2 aromatic carbocycles. The van der Waals surface area contributed by atoms with Crippen LogP contribution in [0.3, 0.4) is 0 Å². The predicted octanol–water partition coefficient (Wildman–Crippen LogP) is 3.07.